The highest BCUT2D eigenvalue weighted by molar-refractivity contribution is 6.31. The van der Waals surface area contributed by atoms with E-state index in [2.05, 4.69) is 20.3 Å². The molecule has 1 aromatic rings. The van der Waals surface area contributed by atoms with E-state index in [-0.39, 0.29) is 35.0 Å². The summed E-state index contributed by atoms with van der Waals surface area (Å²) in [6.45, 7) is 3.89. The molecular weight excluding hydrogens is 265 g/mol. The lowest BCUT2D eigenvalue weighted by Crippen LogP contribution is -2.39. The Bertz CT molecular complexity index is 392. The van der Waals surface area contributed by atoms with Gasteiger partial charge in [0.1, 0.15) is 0 Å². The number of nitrogens with one attached hydrogen (secondary N) is 1. The molecule has 0 aliphatic heterocycles. The van der Waals surface area contributed by atoms with Gasteiger partial charge in [-0.1, -0.05) is 0 Å². The Morgan fingerprint density at radius 2 is 1.82 bits per heavy atom. The third-order valence-electron chi connectivity index (χ3n) is 1.74. The van der Waals surface area contributed by atoms with Crippen LogP contribution in [0, 0.1) is 0 Å². The van der Waals surface area contributed by atoms with Gasteiger partial charge in [-0.05, 0) is 37.0 Å². The van der Waals surface area contributed by atoms with E-state index in [1.165, 1.54) is 4.90 Å². The average Bonchev–Trinajstić information content (AvgIpc) is 2.14. The topological polar surface area (TPSA) is 71.0 Å². The second-order valence-electron chi connectivity index (χ2n) is 3.75. The van der Waals surface area contributed by atoms with Crippen LogP contribution in [0.25, 0.3) is 0 Å². The van der Waals surface area contributed by atoms with Gasteiger partial charge in [0.2, 0.25) is 22.4 Å². The second kappa shape index (κ2) is 5.97. The molecular formula is C9H13Cl2N5O. The fourth-order valence-electron chi connectivity index (χ4n) is 1.14. The van der Waals surface area contributed by atoms with Crippen molar-refractivity contribution in [1.29, 1.82) is 0 Å². The predicted molar refractivity (Wildman–Crippen MR) is 66.4 cm³/mol. The van der Waals surface area contributed by atoms with Crippen LogP contribution in [0.5, 0.6) is 0 Å². The summed E-state index contributed by atoms with van der Waals surface area (Å²) in [6.07, 6.45) is 0. The minimum atomic E-state index is -0.129. The lowest BCUT2D eigenvalue weighted by molar-refractivity contribution is -0.120. The molecule has 0 radical (unpaired) electrons. The van der Waals surface area contributed by atoms with Gasteiger partial charge in [0.15, 0.2) is 0 Å². The van der Waals surface area contributed by atoms with Crippen molar-refractivity contribution < 1.29 is 4.79 Å². The predicted octanol–water partition coefficient (Wildman–Crippen LogP) is 1.14. The van der Waals surface area contributed by atoms with E-state index in [0.29, 0.717) is 0 Å². The van der Waals surface area contributed by atoms with Crippen LogP contribution >= 0.6 is 23.2 Å². The molecule has 17 heavy (non-hydrogen) atoms. The molecule has 8 heteroatoms. The highest BCUT2D eigenvalue weighted by Gasteiger charge is 2.12. The Labute approximate surface area is 109 Å². The van der Waals surface area contributed by atoms with Crippen LogP contribution in [-0.4, -0.2) is 40.5 Å². The highest BCUT2D eigenvalue weighted by Crippen LogP contribution is 2.12. The van der Waals surface area contributed by atoms with Crippen molar-refractivity contribution >= 4 is 35.1 Å². The number of halogens is 2. The molecule has 0 spiro atoms. The Balaban J connectivity index is 2.69. The third kappa shape index (κ3) is 4.70. The maximum absolute atomic E-state index is 11.5. The molecule has 0 saturated carbocycles. The van der Waals surface area contributed by atoms with Gasteiger partial charge < -0.3 is 10.2 Å². The van der Waals surface area contributed by atoms with Crippen molar-refractivity contribution in [2.45, 2.75) is 19.9 Å². The summed E-state index contributed by atoms with van der Waals surface area (Å²) in [5.74, 6) is 0.129. The molecule has 1 heterocycles. The van der Waals surface area contributed by atoms with Gasteiger partial charge in [0, 0.05) is 13.1 Å². The van der Waals surface area contributed by atoms with Crippen molar-refractivity contribution in [2.24, 2.45) is 0 Å². The molecule has 94 valence electrons. The second-order valence-corrected chi connectivity index (χ2v) is 4.43. The molecule has 0 aromatic carbocycles. The number of likely N-dealkylation sites (N-methyl/N-ethyl adjacent to an activating group) is 1. The van der Waals surface area contributed by atoms with Crippen LogP contribution < -0.4 is 10.2 Å². The summed E-state index contributed by atoms with van der Waals surface area (Å²) in [6, 6.07) is 0.0847. The molecule has 0 saturated heterocycles. The average molecular weight is 278 g/mol. The summed E-state index contributed by atoms with van der Waals surface area (Å²) < 4.78 is 0. The van der Waals surface area contributed by atoms with Crippen molar-refractivity contribution in [3.8, 4) is 0 Å². The molecule has 0 fully saturated rings. The monoisotopic (exact) mass is 277 g/mol. The maximum Gasteiger partial charge on any atom is 0.239 e. The van der Waals surface area contributed by atoms with Crippen molar-refractivity contribution in [3.63, 3.8) is 0 Å². The first kappa shape index (κ1) is 13.9. The van der Waals surface area contributed by atoms with Crippen LogP contribution in [0.1, 0.15) is 13.8 Å². The van der Waals surface area contributed by atoms with Crippen LogP contribution in [-0.2, 0) is 4.79 Å². The Hall–Kier alpha value is -1.14. The first-order valence-corrected chi connectivity index (χ1v) is 5.71. The van der Waals surface area contributed by atoms with Gasteiger partial charge in [0.05, 0.1) is 6.54 Å². The summed E-state index contributed by atoms with van der Waals surface area (Å²) in [7, 11) is 1.67. The smallest absolute Gasteiger partial charge is 0.239 e. The molecule has 0 aliphatic rings. The molecule has 1 amide bonds. The standard InChI is InChI=1S/C9H13Cl2N5O/c1-5(2)12-6(17)4-16(3)9-14-7(10)13-8(11)15-9/h5H,4H2,1-3H3,(H,12,17). The molecule has 1 N–H and O–H groups in total. The van der Waals surface area contributed by atoms with Crippen molar-refractivity contribution in [2.75, 3.05) is 18.5 Å². The molecule has 0 atom stereocenters. The van der Waals surface area contributed by atoms with Crippen molar-refractivity contribution in [3.05, 3.63) is 10.6 Å². The normalized spacial score (nSPS) is 10.5. The molecule has 0 bridgehead atoms. The molecule has 0 aliphatic carbocycles. The van der Waals surface area contributed by atoms with Crippen LogP contribution in [0.15, 0.2) is 0 Å². The molecule has 1 aromatic heterocycles. The Morgan fingerprint density at radius 1 is 1.29 bits per heavy atom. The number of carbonyl (C=O) groups excluding carboxylic acids is 1. The first-order valence-electron chi connectivity index (χ1n) is 4.96. The zero-order valence-electron chi connectivity index (χ0n) is 9.74. The summed E-state index contributed by atoms with van der Waals surface area (Å²) in [5, 5.41) is 2.75. The molecule has 6 nitrogen and oxygen atoms in total. The van der Waals surface area contributed by atoms with Crippen molar-refractivity contribution in [1.82, 2.24) is 20.3 Å². The van der Waals surface area contributed by atoms with Crippen LogP contribution in [0.3, 0.4) is 0 Å². The number of anilines is 1. The Kier molecular flexibility index (Phi) is 4.89. The van der Waals surface area contributed by atoms with E-state index in [1.54, 1.807) is 7.05 Å². The van der Waals surface area contributed by atoms with E-state index < -0.39 is 0 Å². The van der Waals surface area contributed by atoms with E-state index in [9.17, 15) is 4.79 Å². The maximum atomic E-state index is 11.5. The number of carbonyl (C=O) groups is 1. The highest BCUT2D eigenvalue weighted by atomic mass is 35.5. The fraction of sp³-hybridized carbons (Fsp3) is 0.556. The number of rotatable bonds is 4. The van der Waals surface area contributed by atoms with Gasteiger partial charge in [0.25, 0.3) is 0 Å². The van der Waals surface area contributed by atoms with Gasteiger partial charge in [-0.25, -0.2) is 0 Å². The Morgan fingerprint density at radius 3 is 2.29 bits per heavy atom. The zero-order valence-corrected chi connectivity index (χ0v) is 11.2. The minimum absolute atomic E-state index is 0.00359. The largest absolute Gasteiger partial charge is 0.352 e. The number of nitrogens with zero attached hydrogens (tertiary/aromatic N) is 4. The fourth-order valence-corrected chi connectivity index (χ4v) is 1.50. The molecule has 1 rings (SSSR count). The quantitative estimate of drug-likeness (QED) is 0.894. The number of amides is 1. The van der Waals surface area contributed by atoms with E-state index >= 15 is 0 Å². The molecule has 0 unspecified atom stereocenters. The van der Waals surface area contributed by atoms with Gasteiger partial charge in [-0.15, -0.1) is 0 Å². The van der Waals surface area contributed by atoms with Crippen LogP contribution in [0.4, 0.5) is 5.95 Å². The van der Waals surface area contributed by atoms with Gasteiger partial charge in [-0.2, -0.15) is 15.0 Å². The summed E-state index contributed by atoms with van der Waals surface area (Å²) >= 11 is 11.3. The summed E-state index contributed by atoms with van der Waals surface area (Å²) in [4.78, 5) is 24.4. The van der Waals surface area contributed by atoms with E-state index in [0.717, 1.165) is 0 Å². The van der Waals surface area contributed by atoms with Crippen LogP contribution in [0.2, 0.25) is 10.6 Å². The number of hydrogen-bond donors (Lipinski definition) is 1. The van der Waals surface area contributed by atoms with Gasteiger partial charge >= 0.3 is 0 Å². The minimum Gasteiger partial charge on any atom is -0.352 e. The third-order valence-corrected chi connectivity index (χ3v) is 2.08. The lowest BCUT2D eigenvalue weighted by Gasteiger charge is -2.17. The number of aromatic nitrogens is 3. The summed E-state index contributed by atoms with van der Waals surface area (Å²) in [5.41, 5.74) is 0. The SMILES string of the molecule is CC(C)NC(=O)CN(C)c1nc(Cl)nc(Cl)n1. The zero-order chi connectivity index (χ0) is 13.0. The van der Waals surface area contributed by atoms with E-state index in [1.807, 2.05) is 13.8 Å². The van der Waals surface area contributed by atoms with Gasteiger partial charge in [-0.3, -0.25) is 4.79 Å². The first-order chi connectivity index (χ1) is 7.88. The lowest BCUT2D eigenvalue weighted by atomic mass is 10.4. The van der Waals surface area contributed by atoms with E-state index in [4.69, 9.17) is 23.2 Å². The number of hydrogen-bond acceptors (Lipinski definition) is 5.